The predicted molar refractivity (Wildman–Crippen MR) is 66.1 cm³/mol. The number of rotatable bonds is 3. The number of hydrogen-bond donors (Lipinski definition) is 1. The van der Waals surface area contributed by atoms with Crippen LogP contribution in [0.5, 0.6) is 0 Å². The van der Waals surface area contributed by atoms with E-state index >= 15 is 0 Å². The van der Waals surface area contributed by atoms with Crippen molar-refractivity contribution in [2.24, 2.45) is 0 Å². The van der Waals surface area contributed by atoms with Crippen molar-refractivity contribution in [3.05, 3.63) is 53.5 Å². The van der Waals surface area contributed by atoms with Crippen molar-refractivity contribution < 1.29 is 21.6 Å². The Balaban J connectivity index is 2.44. The molecule has 0 aliphatic heterocycles. The number of pyridine rings is 1. The summed E-state index contributed by atoms with van der Waals surface area (Å²) in [6.07, 6.45) is 0. The predicted octanol–water partition coefficient (Wildman–Crippen LogP) is 2.61. The van der Waals surface area contributed by atoms with Gasteiger partial charge in [-0.3, -0.25) is 4.72 Å². The van der Waals surface area contributed by atoms with Gasteiger partial charge in [0.05, 0.1) is 0 Å². The number of aryl methyl sites for hydroxylation is 1. The topological polar surface area (TPSA) is 59.1 Å². The van der Waals surface area contributed by atoms with Gasteiger partial charge in [0.25, 0.3) is 10.0 Å². The van der Waals surface area contributed by atoms with Crippen LogP contribution in [0.1, 0.15) is 5.69 Å². The summed E-state index contributed by atoms with van der Waals surface area (Å²) < 4.78 is 65.2. The molecule has 0 unspecified atom stereocenters. The van der Waals surface area contributed by atoms with Gasteiger partial charge in [-0.2, -0.15) is 0 Å². The van der Waals surface area contributed by atoms with Gasteiger partial charge in [-0.25, -0.2) is 26.6 Å². The summed E-state index contributed by atoms with van der Waals surface area (Å²) in [5.74, 6) is -5.13. The van der Waals surface area contributed by atoms with Gasteiger partial charge < -0.3 is 0 Å². The van der Waals surface area contributed by atoms with E-state index in [1.165, 1.54) is 6.07 Å². The molecule has 2 aromatic rings. The Morgan fingerprint density at radius 3 is 2.40 bits per heavy atom. The molecule has 106 valence electrons. The second-order valence-corrected chi connectivity index (χ2v) is 5.59. The molecule has 0 spiro atoms. The van der Waals surface area contributed by atoms with E-state index in [0.717, 1.165) is 0 Å². The Morgan fingerprint density at radius 1 is 1.05 bits per heavy atom. The van der Waals surface area contributed by atoms with E-state index in [1.54, 1.807) is 19.1 Å². The smallest absolute Gasteiger partial charge is 0.263 e. The Hall–Kier alpha value is -2.09. The molecule has 0 atom stereocenters. The first kappa shape index (κ1) is 14.3. The van der Waals surface area contributed by atoms with Crippen molar-refractivity contribution in [1.29, 1.82) is 0 Å². The maximum atomic E-state index is 13.5. The Kier molecular flexibility index (Phi) is 3.67. The lowest BCUT2D eigenvalue weighted by atomic mass is 10.3. The van der Waals surface area contributed by atoms with Crippen LogP contribution >= 0.6 is 0 Å². The summed E-state index contributed by atoms with van der Waals surface area (Å²) >= 11 is 0. The van der Waals surface area contributed by atoms with E-state index < -0.39 is 32.4 Å². The molecule has 2 rings (SSSR count). The molecule has 0 bridgehead atoms. The number of benzene rings is 1. The van der Waals surface area contributed by atoms with Crippen molar-refractivity contribution in [3.8, 4) is 0 Å². The van der Waals surface area contributed by atoms with Crippen molar-refractivity contribution in [3.63, 3.8) is 0 Å². The maximum Gasteiger partial charge on any atom is 0.266 e. The SMILES string of the molecule is Cc1cccc(NS(=O)(=O)c2ccc(F)c(F)c2F)n1. The van der Waals surface area contributed by atoms with Gasteiger partial charge in [-0.05, 0) is 31.2 Å². The molecule has 1 aromatic carbocycles. The van der Waals surface area contributed by atoms with Crippen molar-refractivity contribution in [1.82, 2.24) is 4.98 Å². The van der Waals surface area contributed by atoms with Crippen molar-refractivity contribution in [2.75, 3.05) is 4.72 Å². The number of anilines is 1. The van der Waals surface area contributed by atoms with Gasteiger partial charge in [-0.1, -0.05) is 6.07 Å². The fraction of sp³-hybridized carbons (Fsp3) is 0.0833. The normalized spacial score (nSPS) is 11.4. The summed E-state index contributed by atoms with van der Waals surface area (Å²) in [7, 11) is -4.39. The zero-order valence-electron chi connectivity index (χ0n) is 10.2. The van der Waals surface area contributed by atoms with Crippen LogP contribution in [0.2, 0.25) is 0 Å². The highest BCUT2D eigenvalue weighted by Gasteiger charge is 2.24. The Labute approximate surface area is 113 Å². The lowest BCUT2D eigenvalue weighted by Gasteiger charge is -2.09. The van der Waals surface area contributed by atoms with Gasteiger partial charge in [0.15, 0.2) is 17.5 Å². The average Bonchev–Trinajstić information content (AvgIpc) is 2.35. The molecule has 1 heterocycles. The minimum Gasteiger partial charge on any atom is -0.263 e. The van der Waals surface area contributed by atoms with Crippen LogP contribution in [-0.4, -0.2) is 13.4 Å². The second-order valence-electron chi connectivity index (χ2n) is 3.94. The minimum atomic E-state index is -4.39. The highest BCUT2D eigenvalue weighted by molar-refractivity contribution is 7.92. The average molecular weight is 302 g/mol. The molecule has 0 aliphatic carbocycles. The van der Waals surface area contributed by atoms with Crippen LogP contribution in [0.4, 0.5) is 19.0 Å². The van der Waals surface area contributed by atoms with E-state index in [2.05, 4.69) is 4.98 Å². The first-order valence-corrected chi connectivity index (χ1v) is 6.89. The van der Waals surface area contributed by atoms with Crippen LogP contribution in [0.15, 0.2) is 35.2 Å². The highest BCUT2D eigenvalue weighted by Crippen LogP contribution is 2.21. The summed E-state index contributed by atoms with van der Waals surface area (Å²) in [4.78, 5) is 2.89. The van der Waals surface area contributed by atoms with Gasteiger partial charge in [0.1, 0.15) is 10.7 Å². The van der Waals surface area contributed by atoms with Crippen LogP contribution < -0.4 is 4.72 Å². The Bertz CT molecular complexity index is 763. The molecule has 0 saturated carbocycles. The lowest BCUT2D eigenvalue weighted by Crippen LogP contribution is -2.16. The Morgan fingerprint density at radius 2 is 1.75 bits per heavy atom. The van der Waals surface area contributed by atoms with Crippen LogP contribution in [0.3, 0.4) is 0 Å². The molecule has 0 aliphatic rings. The zero-order valence-corrected chi connectivity index (χ0v) is 11.0. The van der Waals surface area contributed by atoms with Crippen LogP contribution in [-0.2, 0) is 10.0 Å². The summed E-state index contributed by atoms with van der Waals surface area (Å²) in [6, 6.07) is 5.71. The van der Waals surface area contributed by atoms with Crippen molar-refractivity contribution in [2.45, 2.75) is 11.8 Å². The van der Waals surface area contributed by atoms with Gasteiger partial charge in [-0.15, -0.1) is 0 Å². The molecule has 0 radical (unpaired) electrons. The van der Waals surface area contributed by atoms with Gasteiger partial charge in [0, 0.05) is 5.69 Å². The van der Waals surface area contributed by atoms with E-state index in [0.29, 0.717) is 17.8 Å². The molecule has 4 nitrogen and oxygen atoms in total. The largest absolute Gasteiger partial charge is 0.266 e. The molecule has 1 N–H and O–H groups in total. The number of nitrogens with zero attached hydrogens (tertiary/aromatic N) is 1. The first-order valence-electron chi connectivity index (χ1n) is 5.41. The maximum absolute atomic E-state index is 13.5. The standard InChI is InChI=1S/C12H9F3N2O2S/c1-7-3-2-4-10(16-7)17-20(18,19)9-6-5-8(13)11(14)12(9)15/h2-6H,1H3,(H,16,17). The third-order valence-corrected chi connectivity index (χ3v) is 3.79. The molecular formula is C12H9F3N2O2S. The molecular weight excluding hydrogens is 293 g/mol. The summed E-state index contributed by atoms with van der Waals surface area (Å²) in [6.45, 7) is 1.63. The number of halogens is 3. The van der Waals surface area contributed by atoms with Crippen molar-refractivity contribution >= 4 is 15.8 Å². The molecule has 1 aromatic heterocycles. The fourth-order valence-electron chi connectivity index (χ4n) is 1.51. The first-order chi connectivity index (χ1) is 9.31. The number of nitrogens with one attached hydrogen (secondary N) is 1. The van der Waals surface area contributed by atoms with E-state index in [-0.39, 0.29) is 5.82 Å². The molecule has 0 fully saturated rings. The molecule has 0 saturated heterocycles. The van der Waals surface area contributed by atoms with E-state index in [4.69, 9.17) is 0 Å². The second kappa shape index (κ2) is 5.12. The molecule has 20 heavy (non-hydrogen) atoms. The van der Waals surface area contributed by atoms with Crippen LogP contribution in [0, 0.1) is 24.4 Å². The van der Waals surface area contributed by atoms with Gasteiger partial charge in [0.2, 0.25) is 0 Å². The zero-order chi connectivity index (χ0) is 14.9. The quantitative estimate of drug-likeness (QED) is 0.887. The summed E-state index contributed by atoms with van der Waals surface area (Å²) in [5, 5.41) is 0. The number of sulfonamides is 1. The monoisotopic (exact) mass is 302 g/mol. The number of aromatic nitrogens is 1. The van der Waals surface area contributed by atoms with E-state index in [9.17, 15) is 21.6 Å². The lowest BCUT2D eigenvalue weighted by molar-refractivity contribution is 0.432. The molecule has 8 heteroatoms. The van der Waals surface area contributed by atoms with Gasteiger partial charge >= 0.3 is 0 Å². The minimum absolute atomic E-state index is 0.0471. The third-order valence-electron chi connectivity index (χ3n) is 2.42. The van der Waals surface area contributed by atoms with E-state index in [1.807, 2.05) is 4.72 Å². The fourth-order valence-corrected chi connectivity index (χ4v) is 2.58. The highest BCUT2D eigenvalue weighted by atomic mass is 32.2. The van der Waals surface area contributed by atoms with Crippen LogP contribution in [0.25, 0.3) is 0 Å². The number of hydrogen-bond acceptors (Lipinski definition) is 3. The molecule has 0 amide bonds. The summed E-state index contributed by atoms with van der Waals surface area (Å²) in [5.41, 5.74) is 0.538. The third kappa shape index (κ3) is 2.74.